The first-order valence-corrected chi connectivity index (χ1v) is 15.2. The van der Waals surface area contributed by atoms with Crippen LogP contribution in [-0.2, 0) is 6.42 Å². The van der Waals surface area contributed by atoms with Gasteiger partial charge in [-0.2, -0.15) is 0 Å². The summed E-state index contributed by atoms with van der Waals surface area (Å²) in [4.78, 5) is 20.1. The van der Waals surface area contributed by atoms with Crippen LogP contribution in [0.2, 0.25) is 0 Å². The van der Waals surface area contributed by atoms with Gasteiger partial charge in [0.1, 0.15) is 6.26 Å². The number of nitrogens with one attached hydrogen (secondary N) is 2. The number of fused-ring (bicyclic) bond motifs is 1. The fourth-order valence-corrected chi connectivity index (χ4v) is 5.15. The van der Waals surface area contributed by atoms with Crippen molar-refractivity contribution in [3.63, 3.8) is 0 Å². The van der Waals surface area contributed by atoms with E-state index in [1.807, 2.05) is 24.4 Å². The van der Waals surface area contributed by atoms with Gasteiger partial charge in [0, 0.05) is 23.6 Å². The van der Waals surface area contributed by atoms with Crippen molar-refractivity contribution >= 4 is 16.8 Å². The zero-order chi connectivity index (χ0) is 26.8. The number of aromatic nitrogens is 2. The van der Waals surface area contributed by atoms with Gasteiger partial charge in [-0.3, -0.25) is 4.79 Å². The second-order valence-electron chi connectivity index (χ2n) is 10.8. The van der Waals surface area contributed by atoms with Gasteiger partial charge in [0.05, 0.1) is 6.04 Å². The Kier molecular flexibility index (Phi) is 14.0. The number of amides is 1. The molecule has 3 aromatic rings. The van der Waals surface area contributed by atoms with Crippen LogP contribution >= 0.6 is 0 Å². The summed E-state index contributed by atoms with van der Waals surface area (Å²) in [6, 6.07) is 7.72. The predicted octanol–water partition coefficient (Wildman–Crippen LogP) is 8.39. The van der Waals surface area contributed by atoms with Crippen LogP contribution in [0.25, 0.3) is 10.9 Å². The average molecular weight is 523 g/mol. The summed E-state index contributed by atoms with van der Waals surface area (Å²) in [6.45, 7) is 2.95. The van der Waals surface area contributed by atoms with Crippen LogP contribution in [-0.4, -0.2) is 22.4 Å². The molecule has 0 radical (unpaired) electrons. The van der Waals surface area contributed by atoms with Crippen LogP contribution in [0, 0.1) is 0 Å². The van der Waals surface area contributed by atoms with E-state index in [4.69, 9.17) is 10.2 Å². The van der Waals surface area contributed by atoms with Crippen LogP contribution in [0.3, 0.4) is 0 Å². The van der Waals surface area contributed by atoms with Gasteiger partial charge in [-0.15, -0.1) is 0 Å². The molecular weight excluding hydrogens is 472 g/mol. The molecule has 0 spiro atoms. The molecule has 0 aliphatic heterocycles. The molecule has 1 amide bonds. The van der Waals surface area contributed by atoms with E-state index in [0.29, 0.717) is 24.6 Å². The van der Waals surface area contributed by atoms with Crippen LogP contribution in [0.1, 0.15) is 138 Å². The number of unbranched alkanes of at least 4 members (excludes halogenated alkanes) is 15. The zero-order valence-electron chi connectivity index (χ0n) is 23.6. The Morgan fingerprint density at radius 1 is 0.895 bits per heavy atom. The summed E-state index contributed by atoms with van der Waals surface area (Å²) in [7, 11) is 0. The second-order valence-corrected chi connectivity index (χ2v) is 10.8. The van der Waals surface area contributed by atoms with Gasteiger partial charge in [-0.25, -0.2) is 4.98 Å². The van der Waals surface area contributed by atoms with E-state index in [2.05, 4.69) is 28.3 Å². The molecule has 0 aliphatic rings. The highest BCUT2D eigenvalue weighted by Crippen LogP contribution is 2.23. The number of nitrogens with two attached hydrogens (primary N) is 1. The highest BCUT2D eigenvalue weighted by Gasteiger charge is 2.18. The molecule has 38 heavy (non-hydrogen) atoms. The molecule has 3 rings (SSSR count). The Bertz CT molecular complexity index is 1040. The topological polar surface area (TPSA) is 96.9 Å². The number of aromatic amines is 1. The van der Waals surface area contributed by atoms with Crippen molar-refractivity contribution in [1.82, 2.24) is 15.3 Å². The Morgan fingerprint density at radius 2 is 1.47 bits per heavy atom. The number of carbonyl (C=O) groups is 1. The molecule has 4 N–H and O–H groups in total. The van der Waals surface area contributed by atoms with E-state index < -0.39 is 6.04 Å². The molecule has 0 saturated heterocycles. The number of rotatable bonds is 21. The third kappa shape index (κ3) is 10.6. The van der Waals surface area contributed by atoms with Crippen molar-refractivity contribution < 1.29 is 9.21 Å². The Balaban J connectivity index is 1.17. The van der Waals surface area contributed by atoms with E-state index in [0.717, 1.165) is 29.3 Å². The molecule has 0 bridgehead atoms. The first-order chi connectivity index (χ1) is 18.7. The highest BCUT2D eigenvalue weighted by molar-refractivity contribution is 5.91. The number of hydrogen-bond donors (Lipinski definition) is 3. The predicted molar refractivity (Wildman–Crippen MR) is 157 cm³/mol. The summed E-state index contributed by atoms with van der Waals surface area (Å²) in [5, 5.41) is 4.11. The van der Waals surface area contributed by atoms with Gasteiger partial charge >= 0.3 is 0 Å². The number of hydrogen-bond acceptors (Lipinski definition) is 4. The Morgan fingerprint density at radius 3 is 2.11 bits per heavy atom. The van der Waals surface area contributed by atoms with Crippen LogP contribution < -0.4 is 11.1 Å². The number of oxazole rings is 1. The lowest BCUT2D eigenvalue weighted by Gasteiger charge is -2.06. The third-order valence-electron chi connectivity index (χ3n) is 7.50. The van der Waals surface area contributed by atoms with Crippen LogP contribution in [0.4, 0.5) is 0 Å². The van der Waals surface area contributed by atoms with Crippen LogP contribution in [0.15, 0.2) is 41.1 Å². The number of carbonyl (C=O) groups excluding carboxylic acids is 1. The van der Waals surface area contributed by atoms with E-state index in [1.54, 1.807) is 0 Å². The number of H-pyrrole nitrogens is 1. The number of nitrogens with zero attached hydrogens (tertiary/aromatic N) is 1. The quantitative estimate of drug-likeness (QED) is 0.122. The fourth-order valence-electron chi connectivity index (χ4n) is 5.15. The third-order valence-corrected chi connectivity index (χ3v) is 7.50. The van der Waals surface area contributed by atoms with Gasteiger partial charge in [0.15, 0.2) is 5.69 Å². The Labute approximate surface area is 229 Å². The standard InChI is InChI=1S/C32H50N4O2/c1-2-3-4-5-6-7-8-9-10-11-12-13-14-15-16-19-22-34-31(37)30-25-38-32(36-30)28(33)23-26-24-35-29-21-18-17-20-27(26)29/h17-18,20-21,24-25,28,35H,2-16,19,22-23,33H2,1H3,(H,34,37). The molecule has 1 atom stereocenters. The highest BCUT2D eigenvalue weighted by atomic mass is 16.3. The maximum absolute atomic E-state index is 12.5. The molecule has 0 fully saturated rings. The minimum absolute atomic E-state index is 0.194. The van der Waals surface area contributed by atoms with E-state index in [-0.39, 0.29) is 5.91 Å². The maximum Gasteiger partial charge on any atom is 0.273 e. The smallest absolute Gasteiger partial charge is 0.273 e. The summed E-state index contributed by atoms with van der Waals surface area (Å²) in [6.07, 6.45) is 25.4. The van der Waals surface area contributed by atoms with E-state index >= 15 is 0 Å². The normalized spacial score (nSPS) is 12.3. The van der Waals surface area contributed by atoms with Crippen LogP contribution in [0.5, 0.6) is 0 Å². The van der Waals surface area contributed by atoms with E-state index in [1.165, 1.54) is 96.2 Å². The maximum atomic E-state index is 12.5. The lowest BCUT2D eigenvalue weighted by Crippen LogP contribution is -2.25. The monoisotopic (exact) mass is 522 g/mol. The fraction of sp³-hybridized carbons (Fsp3) is 0.625. The van der Waals surface area contributed by atoms with Gasteiger partial charge in [-0.05, 0) is 24.5 Å². The summed E-state index contributed by atoms with van der Waals surface area (Å²) in [5.41, 5.74) is 8.82. The molecule has 1 unspecified atom stereocenters. The SMILES string of the molecule is CCCCCCCCCCCCCCCCCCNC(=O)c1coc(C(N)Cc2c[nH]c3ccccc23)n1. The summed E-state index contributed by atoms with van der Waals surface area (Å²) >= 11 is 0. The van der Waals surface area contributed by atoms with Gasteiger partial charge < -0.3 is 20.5 Å². The molecule has 2 heterocycles. The second kappa shape index (κ2) is 17.8. The summed E-state index contributed by atoms with van der Waals surface area (Å²) < 4.78 is 5.54. The Hall–Kier alpha value is -2.60. The van der Waals surface area contributed by atoms with Crippen molar-refractivity contribution in [2.24, 2.45) is 5.73 Å². The molecule has 1 aromatic carbocycles. The summed E-state index contributed by atoms with van der Waals surface area (Å²) in [5.74, 6) is 0.197. The van der Waals surface area contributed by atoms with Gasteiger partial charge in [0.25, 0.3) is 5.91 Å². The van der Waals surface area contributed by atoms with Gasteiger partial charge in [0.2, 0.25) is 5.89 Å². The molecule has 6 heteroatoms. The zero-order valence-corrected chi connectivity index (χ0v) is 23.6. The number of benzene rings is 1. The van der Waals surface area contributed by atoms with Crippen molar-refractivity contribution in [2.75, 3.05) is 6.54 Å². The molecule has 0 aliphatic carbocycles. The number of para-hydroxylation sites is 1. The molecular formula is C32H50N4O2. The molecule has 6 nitrogen and oxygen atoms in total. The minimum Gasteiger partial charge on any atom is -0.446 e. The average Bonchev–Trinajstić information content (AvgIpc) is 3.58. The lowest BCUT2D eigenvalue weighted by molar-refractivity contribution is 0.0948. The first-order valence-electron chi connectivity index (χ1n) is 15.2. The van der Waals surface area contributed by atoms with E-state index in [9.17, 15) is 4.79 Å². The molecule has 210 valence electrons. The van der Waals surface area contributed by atoms with Crippen molar-refractivity contribution in [1.29, 1.82) is 0 Å². The largest absolute Gasteiger partial charge is 0.446 e. The first kappa shape index (κ1) is 29.9. The van der Waals surface area contributed by atoms with Crippen molar-refractivity contribution in [2.45, 2.75) is 122 Å². The molecule has 2 aromatic heterocycles. The molecule has 0 saturated carbocycles. The minimum atomic E-state index is -0.406. The lowest BCUT2D eigenvalue weighted by atomic mass is 10.0. The van der Waals surface area contributed by atoms with Gasteiger partial charge in [-0.1, -0.05) is 121 Å². The van der Waals surface area contributed by atoms with Crippen molar-refractivity contribution in [3.8, 4) is 0 Å². The van der Waals surface area contributed by atoms with Crippen molar-refractivity contribution in [3.05, 3.63) is 53.9 Å².